The van der Waals surface area contributed by atoms with Crippen molar-refractivity contribution in [1.82, 2.24) is 19.6 Å². The number of fused-ring (bicyclic) bond motifs is 1. The predicted octanol–water partition coefficient (Wildman–Crippen LogP) is 3.97. The second kappa shape index (κ2) is 4.60. The maximum Gasteiger partial charge on any atom is 0.198 e. The third-order valence-corrected chi connectivity index (χ3v) is 3.90. The Kier molecular flexibility index (Phi) is 3.09. The van der Waals surface area contributed by atoms with Gasteiger partial charge in [-0.05, 0) is 18.2 Å². The summed E-state index contributed by atoms with van der Waals surface area (Å²) in [6.07, 6.45) is 3.40. The molecule has 0 saturated carbocycles. The van der Waals surface area contributed by atoms with Crippen LogP contribution in [0, 0.1) is 0 Å². The molecule has 0 fully saturated rings. The molecule has 0 aliphatic rings. The highest BCUT2D eigenvalue weighted by atomic mass is 79.9. The topological polar surface area (TPSA) is 43.1 Å². The van der Waals surface area contributed by atoms with Gasteiger partial charge >= 0.3 is 0 Å². The molecule has 0 spiro atoms. The van der Waals surface area contributed by atoms with Crippen LogP contribution in [0.5, 0.6) is 0 Å². The molecule has 3 rings (SSSR count). The van der Waals surface area contributed by atoms with Gasteiger partial charge in [-0.15, -0.1) is 10.2 Å². The van der Waals surface area contributed by atoms with Gasteiger partial charge in [0, 0.05) is 26.9 Å². The fourth-order valence-corrected chi connectivity index (χ4v) is 2.62. The molecule has 0 aliphatic heterocycles. The summed E-state index contributed by atoms with van der Waals surface area (Å²) in [5.74, 6) is 0.711. The molecule has 0 amide bonds. The van der Waals surface area contributed by atoms with Crippen LogP contribution >= 0.6 is 43.5 Å². The van der Waals surface area contributed by atoms with Gasteiger partial charge in [-0.2, -0.15) is 0 Å². The molecule has 0 unspecified atom stereocenters. The van der Waals surface area contributed by atoms with E-state index in [4.69, 9.17) is 11.6 Å². The molecular weight excluding hydrogens is 383 g/mol. The zero-order valence-electron chi connectivity index (χ0n) is 8.81. The summed E-state index contributed by atoms with van der Waals surface area (Å²) in [6, 6.07) is 5.86. The van der Waals surface area contributed by atoms with Gasteiger partial charge in [0.2, 0.25) is 0 Å². The molecule has 4 nitrogen and oxygen atoms in total. The average Bonchev–Trinajstić information content (AvgIpc) is 2.77. The van der Waals surface area contributed by atoms with Crippen molar-refractivity contribution in [3.05, 3.63) is 44.7 Å². The van der Waals surface area contributed by atoms with Crippen LogP contribution in [0.4, 0.5) is 0 Å². The summed E-state index contributed by atoms with van der Waals surface area (Å²) >= 11 is 12.9. The van der Waals surface area contributed by atoms with Gasteiger partial charge in [-0.3, -0.25) is 4.40 Å². The average molecular weight is 388 g/mol. The second-order valence-corrected chi connectivity index (χ2v) is 5.69. The van der Waals surface area contributed by atoms with E-state index in [0.29, 0.717) is 16.6 Å². The summed E-state index contributed by atoms with van der Waals surface area (Å²) in [4.78, 5) is 3.98. The lowest BCUT2D eigenvalue weighted by Gasteiger charge is -2.03. The maximum atomic E-state index is 5.97. The van der Waals surface area contributed by atoms with Gasteiger partial charge < -0.3 is 0 Å². The quantitative estimate of drug-likeness (QED) is 0.634. The van der Waals surface area contributed by atoms with Crippen molar-refractivity contribution >= 4 is 49.1 Å². The Bertz CT molecular complexity index is 741. The van der Waals surface area contributed by atoms with Gasteiger partial charge in [-0.25, -0.2) is 4.98 Å². The highest BCUT2D eigenvalue weighted by molar-refractivity contribution is 9.11. The van der Waals surface area contributed by atoms with E-state index in [1.165, 1.54) is 0 Å². The van der Waals surface area contributed by atoms with E-state index in [1.54, 1.807) is 12.4 Å². The van der Waals surface area contributed by atoms with E-state index in [2.05, 4.69) is 47.0 Å². The summed E-state index contributed by atoms with van der Waals surface area (Å²) in [5, 5.41) is 8.55. The molecule has 0 N–H and O–H groups in total. The molecule has 0 radical (unpaired) electrons. The molecule has 0 aliphatic carbocycles. The van der Waals surface area contributed by atoms with Crippen molar-refractivity contribution in [3.8, 4) is 11.4 Å². The highest BCUT2D eigenvalue weighted by Gasteiger charge is 2.13. The first-order valence-electron chi connectivity index (χ1n) is 4.97. The molecule has 2 heterocycles. The van der Waals surface area contributed by atoms with E-state index < -0.39 is 0 Å². The van der Waals surface area contributed by atoms with Crippen LogP contribution in [0.15, 0.2) is 39.5 Å². The molecule has 1 aromatic carbocycles. The zero-order chi connectivity index (χ0) is 12.7. The van der Waals surface area contributed by atoms with Crippen molar-refractivity contribution < 1.29 is 0 Å². The SMILES string of the molecule is Clc1nccn2c(-c3cc(Br)ccc3Br)nnc12. The minimum atomic E-state index is 0.336. The lowest BCUT2D eigenvalue weighted by Crippen LogP contribution is -1.91. The number of hydrogen-bond donors (Lipinski definition) is 0. The predicted molar refractivity (Wildman–Crippen MR) is 76.6 cm³/mol. The molecular formula is C11H5Br2ClN4. The summed E-state index contributed by atoms with van der Waals surface area (Å²) in [5.41, 5.74) is 1.47. The smallest absolute Gasteiger partial charge is 0.198 e. The van der Waals surface area contributed by atoms with Crippen molar-refractivity contribution in [2.75, 3.05) is 0 Å². The molecule has 18 heavy (non-hydrogen) atoms. The van der Waals surface area contributed by atoms with E-state index >= 15 is 0 Å². The number of hydrogen-bond acceptors (Lipinski definition) is 3. The van der Waals surface area contributed by atoms with Gasteiger partial charge in [0.15, 0.2) is 16.6 Å². The first-order valence-corrected chi connectivity index (χ1v) is 6.94. The van der Waals surface area contributed by atoms with Crippen molar-refractivity contribution in [1.29, 1.82) is 0 Å². The number of nitrogens with zero attached hydrogens (tertiary/aromatic N) is 4. The minimum absolute atomic E-state index is 0.336. The van der Waals surface area contributed by atoms with Gasteiger partial charge in [-0.1, -0.05) is 43.5 Å². The van der Waals surface area contributed by atoms with E-state index in [0.717, 1.165) is 14.5 Å². The van der Waals surface area contributed by atoms with E-state index in [-0.39, 0.29) is 0 Å². The Morgan fingerprint density at radius 2 is 2.00 bits per heavy atom. The molecule has 90 valence electrons. The van der Waals surface area contributed by atoms with Gasteiger partial charge in [0.05, 0.1) is 0 Å². The number of rotatable bonds is 1. The van der Waals surface area contributed by atoms with Crippen LogP contribution in [0.3, 0.4) is 0 Å². The van der Waals surface area contributed by atoms with Gasteiger partial charge in [0.1, 0.15) is 0 Å². The fraction of sp³-hybridized carbons (Fsp3) is 0. The number of halogens is 3. The largest absolute Gasteiger partial charge is 0.278 e. The number of benzene rings is 1. The van der Waals surface area contributed by atoms with E-state index in [1.807, 2.05) is 22.6 Å². The molecule has 7 heteroatoms. The Labute approximate surface area is 124 Å². The molecule has 2 aromatic heterocycles. The Morgan fingerprint density at radius 1 is 1.17 bits per heavy atom. The van der Waals surface area contributed by atoms with Crippen LogP contribution < -0.4 is 0 Å². The molecule has 0 bridgehead atoms. The lowest BCUT2D eigenvalue weighted by molar-refractivity contribution is 1.11. The molecule has 0 atom stereocenters. The van der Waals surface area contributed by atoms with Crippen LogP contribution in [0.1, 0.15) is 0 Å². The first kappa shape index (κ1) is 12.1. The Hall–Kier alpha value is -0.980. The molecule has 0 saturated heterocycles. The Balaban J connectivity index is 2.32. The summed E-state index contributed by atoms with van der Waals surface area (Å²) in [6.45, 7) is 0. The van der Waals surface area contributed by atoms with Crippen molar-refractivity contribution in [2.45, 2.75) is 0 Å². The van der Waals surface area contributed by atoms with Gasteiger partial charge in [0.25, 0.3) is 0 Å². The van der Waals surface area contributed by atoms with E-state index in [9.17, 15) is 0 Å². The van der Waals surface area contributed by atoms with Crippen molar-refractivity contribution in [3.63, 3.8) is 0 Å². The second-order valence-electron chi connectivity index (χ2n) is 3.56. The lowest BCUT2D eigenvalue weighted by atomic mass is 10.2. The third-order valence-electron chi connectivity index (χ3n) is 2.45. The minimum Gasteiger partial charge on any atom is -0.278 e. The first-order chi connectivity index (χ1) is 8.66. The monoisotopic (exact) mass is 386 g/mol. The highest BCUT2D eigenvalue weighted by Crippen LogP contribution is 2.30. The van der Waals surface area contributed by atoms with Crippen LogP contribution in [0.2, 0.25) is 5.15 Å². The standard InChI is InChI=1S/C11H5Br2ClN4/c12-6-1-2-8(13)7(5-6)10-16-17-11-9(14)15-3-4-18(10)11/h1-5H. The Morgan fingerprint density at radius 3 is 2.83 bits per heavy atom. The van der Waals surface area contributed by atoms with Crippen LogP contribution in [-0.4, -0.2) is 19.6 Å². The number of aromatic nitrogens is 4. The molecule has 3 aromatic rings. The van der Waals surface area contributed by atoms with Crippen LogP contribution in [-0.2, 0) is 0 Å². The third kappa shape index (κ3) is 1.94. The zero-order valence-corrected chi connectivity index (χ0v) is 12.7. The maximum absolute atomic E-state index is 5.97. The van der Waals surface area contributed by atoms with Crippen molar-refractivity contribution in [2.24, 2.45) is 0 Å². The fourth-order valence-electron chi connectivity index (χ4n) is 1.65. The normalized spacial score (nSPS) is 11.1. The summed E-state index contributed by atoms with van der Waals surface area (Å²) < 4.78 is 3.72. The summed E-state index contributed by atoms with van der Waals surface area (Å²) in [7, 11) is 0. The van der Waals surface area contributed by atoms with Crippen LogP contribution in [0.25, 0.3) is 17.0 Å².